The van der Waals surface area contributed by atoms with Gasteiger partial charge in [0.25, 0.3) is 5.56 Å². The molecule has 1 aliphatic rings. The third kappa shape index (κ3) is 4.22. The molecule has 164 valence electrons. The number of nitrogens with one attached hydrogen (secondary N) is 3. The van der Waals surface area contributed by atoms with Gasteiger partial charge in [-0.2, -0.15) is 13.2 Å². The van der Waals surface area contributed by atoms with Crippen molar-refractivity contribution in [2.75, 3.05) is 6.54 Å². The van der Waals surface area contributed by atoms with E-state index < -0.39 is 47.4 Å². The smallest absolute Gasteiger partial charge is 0.377 e. The van der Waals surface area contributed by atoms with E-state index >= 15 is 0 Å². The van der Waals surface area contributed by atoms with Crippen LogP contribution >= 0.6 is 0 Å². The van der Waals surface area contributed by atoms with Gasteiger partial charge in [-0.25, -0.2) is 8.78 Å². The summed E-state index contributed by atoms with van der Waals surface area (Å²) < 4.78 is 67.1. The van der Waals surface area contributed by atoms with Crippen LogP contribution in [0.3, 0.4) is 0 Å². The maximum Gasteiger partial charge on any atom is 0.431 e. The van der Waals surface area contributed by atoms with Gasteiger partial charge in [-0.15, -0.1) is 0 Å². The molecule has 3 N–H and O–H groups in total. The first kappa shape index (κ1) is 21.5. The molecule has 1 atom stereocenters. The van der Waals surface area contributed by atoms with Gasteiger partial charge in [-0.3, -0.25) is 9.59 Å². The summed E-state index contributed by atoms with van der Waals surface area (Å²) in [6.07, 6.45) is -3.75. The molecule has 0 unspecified atom stereocenters. The summed E-state index contributed by atoms with van der Waals surface area (Å²) in [6, 6.07) is 2.05. The molecule has 0 radical (unpaired) electrons. The monoisotopic (exact) mass is 431 g/mol. The number of hydrogen-bond acceptors (Lipinski definition) is 3. The number of aromatic nitrogens is 1. The number of rotatable bonds is 4. The van der Waals surface area contributed by atoms with Crippen molar-refractivity contribution >= 4 is 17.7 Å². The highest BCUT2D eigenvalue weighted by atomic mass is 19.4. The molecule has 0 saturated carbocycles. The topological polar surface area (TPSA) is 74.0 Å². The van der Waals surface area contributed by atoms with Crippen molar-refractivity contribution in [1.82, 2.24) is 15.6 Å². The highest BCUT2D eigenvalue weighted by Gasteiger charge is 2.36. The van der Waals surface area contributed by atoms with Crippen molar-refractivity contribution in [2.24, 2.45) is 0 Å². The highest BCUT2D eigenvalue weighted by Crippen LogP contribution is 2.24. The number of carbonyl (C=O) groups is 1. The molecular weight excluding hydrogens is 409 g/mol. The van der Waals surface area contributed by atoms with Crippen LogP contribution in [0, 0.1) is 18.6 Å². The van der Waals surface area contributed by atoms with Gasteiger partial charge >= 0.3 is 6.18 Å². The molecular formula is C20H22F5N3O2. The van der Waals surface area contributed by atoms with Gasteiger partial charge < -0.3 is 15.6 Å². The van der Waals surface area contributed by atoms with Gasteiger partial charge in [0.1, 0.15) is 17.3 Å². The van der Waals surface area contributed by atoms with Crippen molar-refractivity contribution in [3.05, 3.63) is 67.4 Å². The Labute approximate surface area is 170 Å². The molecule has 2 aromatic rings. The fraction of sp³-hybridized carbons (Fsp3) is 0.300. The zero-order chi connectivity index (χ0) is 22.2. The van der Waals surface area contributed by atoms with E-state index in [0.29, 0.717) is 6.07 Å². The fourth-order valence-corrected chi connectivity index (χ4v) is 3.44. The van der Waals surface area contributed by atoms with E-state index in [-0.39, 0.29) is 36.7 Å². The van der Waals surface area contributed by atoms with Gasteiger partial charge in [-0.05, 0) is 31.6 Å². The highest BCUT2D eigenvalue weighted by molar-refractivity contribution is 5.79. The standard InChI is InChI=1S/C20H18F5N3O2.2H2/c1-9-13(8-16(29)27-10(2)12-4-3-11(21)7-14(12)22)19(30)28-15-5-6-26-18(17(9)15)20(23,24)25;;/h3-5,7,10,26H,6,8H2,1-2H3,(H,27,29)(H,28,30);2*1H/t10-;;/m1../s1. The molecule has 10 heteroatoms. The maximum atomic E-state index is 13.9. The van der Waals surface area contributed by atoms with Crippen molar-refractivity contribution in [3.63, 3.8) is 0 Å². The number of hydrogen-bond donors (Lipinski definition) is 3. The Balaban J connectivity index is 0.00000256. The average Bonchev–Trinajstić information content (AvgIpc) is 2.63. The third-order valence-electron chi connectivity index (χ3n) is 4.88. The van der Waals surface area contributed by atoms with Crippen LogP contribution in [-0.4, -0.2) is 23.6 Å². The molecule has 1 aliphatic heterocycles. The quantitative estimate of drug-likeness (QED) is 0.648. The molecule has 0 saturated heterocycles. The minimum absolute atomic E-state index is 0. The molecule has 30 heavy (non-hydrogen) atoms. The minimum Gasteiger partial charge on any atom is -0.377 e. The van der Waals surface area contributed by atoms with Crippen LogP contribution < -0.4 is 26.8 Å². The Bertz CT molecular complexity index is 1200. The van der Waals surface area contributed by atoms with Gasteiger partial charge in [-0.1, -0.05) is 6.07 Å². The van der Waals surface area contributed by atoms with Crippen LogP contribution in [0.4, 0.5) is 22.0 Å². The van der Waals surface area contributed by atoms with Crippen LogP contribution in [0.1, 0.15) is 32.5 Å². The largest absolute Gasteiger partial charge is 0.431 e. The maximum absolute atomic E-state index is 13.9. The number of alkyl halides is 3. The number of benzene rings is 1. The molecule has 2 heterocycles. The Hall–Kier alpha value is -3.17. The summed E-state index contributed by atoms with van der Waals surface area (Å²) in [5, 5.41) is 4.56. The van der Waals surface area contributed by atoms with Crippen LogP contribution in [0.5, 0.6) is 0 Å². The number of carbonyl (C=O) groups excluding carboxylic acids is 1. The fourth-order valence-electron chi connectivity index (χ4n) is 3.44. The van der Waals surface area contributed by atoms with E-state index in [4.69, 9.17) is 0 Å². The number of fused-ring (bicyclic) bond motifs is 1. The summed E-state index contributed by atoms with van der Waals surface area (Å²) in [4.78, 5) is 27.2. The number of amides is 1. The lowest BCUT2D eigenvalue weighted by atomic mass is 10.0. The Kier molecular flexibility index (Phi) is 5.69. The van der Waals surface area contributed by atoms with Crippen molar-refractivity contribution in [2.45, 2.75) is 32.5 Å². The Morgan fingerprint density at radius 2 is 2.00 bits per heavy atom. The summed E-state index contributed by atoms with van der Waals surface area (Å²) in [6.45, 7) is 2.71. The van der Waals surface area contributed by atoms with E-state index in [1.165, 1.54) is 26.0 Å². The Morgan fingerprint density at radius 1 is 1.30 bits per heavy atom. The van der Waals surface area contributed by atoms with E-state index in [9.17, 15) is 31.5 Å². The predicted octanol–water partition coefficient (Wildman–Crippen LogP) is 1.93. The lowest BCUT2D eigenvalue weighted by Gasteiger charge is -2.19. The first-order chi connectivity index (χ1) is 14.0. The summed E-state index contributed by atoms with van der Waals surface area (Å²) >= 11 is 0. The van der Waals surface area contributed by atoms with Crippen molar-refractivity contribution in [1.29, 1.82) is 0 Å². The van der Waals surface area contributed by atoms with Crippen LogP contribution in [0.25, 0.3) is 11.8 Å². The zero-order valence-electron chi connectivity index (χ0n) is 16.0. The second-order valence-electron chi connectivity index (χ2n) is 6.94. The molecule has 0 spiro atoms. The number of H-pyrrole nitrogens is 1. The van der Waals surface area contributed by atoms with Crippen LogP contribution in [-0.2, 0) is 11.2 Å². The first-order valence-corrected chi connectivity index (χ1v) is 9.00. The number of halogens is 5. The van der Waals surface area contributed by atoms with Crippen molar-refractivity contribution < 1.29 is 29.6 Å². The third-order valence-corrected chi connectivity index (χ3v) is 4.88. The lowest BCUT2D eigenvalue weighted by molar-refractivity contribution is -0.121. The van der Waals surface area contributed by atoms with Crippen LogP contribution in [0.15, 0.2) is 23.0 Å². The van der Waals surface area contributed by atoms with Gasteiger partial charge in [0.2, 0.25) is 5.91 Å². The molecule has 5 nitrogen and oxygen atoms in total. The normalized spacial score (nSPS) is 14.4. The molecule has 1 aromatic carbocycles. The second-order valence-corrected chi connectivity index (χ2v) is 6.94. The van der Waals surface area contributed by atoms with Gasteiger partial charge in [0.15, 0.2) is 0 Å². The van der Waals surface area contributed by atoms with Crippen LogP contribution in [0.2, 0.25) is 0 Å². The molecule has 1 aromatic heterocycles. The molecule has 0 aliphatic carbocycles. The molecule has 0 bridgehead atoms. The van der Waals surface area contributed by atoms with E-state index in [2.05, 4.69) is 15.6 Å². The summed E-state index contributed by atoms with van der Waals surface area (Å²) in [5.41, 5.74) is -1.73. The zero-order valence-corrected chi connectivity index (χ0v) is 16.0. The van der Waals surface area contributed by atoms with E-state index in [0.717, 1.165) is 6.07 Å². The summed E-state index contributed by atoms with van der Waals surface area (Å²) in [5.74, 6) is -2.31. The number of aromatic amines is 1. The predicted molar refractivity (Wildman–Crippen MR) is 104 cm³/mol. The van der Waals surface area contributed by atoms with E-state index in [1.807, 2.05) is 0 Å². The van der Waals surface area contributed by atoms with E-state index in [1.54, 1.807) is 0 Å². The van der Waals surface area contributed by atoms with Crippen molar-refractivity contribution in [3.8, 4) is 0 Å². The number of pyridine rings is 1. The minimum atomic E-state index is -4.67. The molecule has 1 amide bonds. The molecule has 0 fully saturated rings. The summed E-state index contributed by atoms with van der Waals surface area (Å²) in [7, 11) is 0. The first-order valence-electron chi connectivity index (χ1n) is 9.00. The average molecular weight is 431 g/mol. The second kappa shape index (κ2) is 7.92. The van der Waals surface area contributed by atoms with Gasteiger partial charge in [0, 0.05) is 37.2 Å². The van der Waals surface area contributed by atoms with Gasteiger partial charge in [0.05, 0.1) is 12.5 Å². The Morgan fingerprint density at radius 3 is 2.63 bits per heavy atom. The SMILES string of the molecule is Cc1c(CC(=O)N[C@H](C)c2ccc(F)cc2F)c(=O)[nH]c2c1=C(C(F)(F)F)NCC=2.[HH].[HH]. The molecule has 3 rings (SSSR count). The lowest BCUT2D eigenvalue weighted by Crippen LogP contribution is -2.49.